The standard InChI is InChI=1S/C11H18N6O3/c12-15-10-2-1-9(17(18)19)11(14-10)13-3-4-16-5-7-20-8-6-16/h1-2H,3-8,12H2,(H2,13,14,15). The molecule has 0 spiro atoms. The van der Waals surface area contributed by atoms with E-state index in [1.807, 2.05) is 0 Å². The van der Waals surface area contributed by atoms with Crippen molar-refractivity contribution >= 4 is 17.3 Å². The maximum Gasteiger partial charge on any atom is 0.311 e. The van der Waals surface area contributed by atoms with Gasteiger partial charge < -0.3 is 15.5 Å². The first-order valence-electron chi connectivity index (χ1n) is 6.36. The summed E-state index contributed by atoms with van der Waals surface area (Å²) in [5, 5.41) is 13.9. The summed E-state index contributed by atoms with van der Waals surface area (Å²) in [5.74, 6) is 5.86. The number of anilines is 2. The van der Waals surface area contributed by atoms with Crippen molar-refractivity contribution < 1.29 is 9.66 Å². The largest absolute Gasteiger partial charge is 0.379 e. The van der Waals surface area contributed by atoms with Crippen LogP contribution in [0.25, 0.3) is 0 Å². The van der Waals surface area contributed by atoms with Gasteiger partial charge in [-0.25, -0.2) is 10.8 Å². The SMILES string of the molecule is NNc1ccc([N+](=O)[O-])c(NCCN2CCOCC2)n1. The van der Waals surface area contributed by atoms with Crippen LogP contribution in [-0.4, -0.2) is 54.2 Å². The van der Waals surface area contributed by atoms with Gasteiger partial charge in [-0.15, -0.1) is 0 Å². The molecule has 1 aliphatic rings. The lowest BCUT2D eigenvalue weighted by atomic mass is 10.3. The molecule has 4 N–H and O–H groups in total. The maximum absolute atomic E-state index is 10.9. The Morgan fingerprint density at radius 3 is 2.85 bits per heavy atom. The van der Waals surface area contributed by atoms with E-state index in [9.17, 15) is 10.1 Å². The molecule has 9 heteroatoms. The zero-order valence-corrected chi connectivity index (χ0v) is 11.0. The Bertz CT molecular complexity index is 463. The third-order valence-electron chi connectivity index (χ3n) is 3.04. The highest BCUT2D eigenvalue weighted by Crippen LogP contribution is 2.23. The first-order chi connectivity index (χ1) is 9.70. The second kappa shape index (κ2) is 6.98. The Labute approximate surface area is 116 Å². The molecule has 0 aromatic carbocycles. The molecule has 1 aromatic rings. The Kier molecular flexibility index (Phi) is 5.04. The molecular formula is C11H18N6O3. The van der Waals surface area contributed by atoms with Crippen LogP contribution in [-0.2, 0) is 4.74 Å². The molecule has 0 atom stereocenters. The van der Waals surface area contributed by atoms with E-state index in [4.69, 9.17) is 10.6 Å². The summed E-state index contributed by atoms with van der Waals surface area (Å²) < 4.78 is 5.26. The first-order valence-corrected chi connectivity index (χ1v) is 6.36. The van der Waals surface area contributed by atoms with E-state index < -0.39 is 4.92 Å². The molecule has 1 saturated heterocycles. The quantitative estimate of drug-likeness (QED) is 0.379. The van der Waals surface area contributed by atoms with Crippen molar-refractivity contribution in [3.8, 4) is 0 Å². The Morgan fingerprint density at radius 2 is 2.20 bits per heavy atom. The van der Waals surface area contributed by atoms with Gasteiger partial charge in [0.2, 0.25) is 5.82 Å². The summed E-state index contributed by atoms with van der Waals surface area (Å²) in [5.41, 5.74) is 2.31. The Balaban J connectivity index is 1.94. The van der Waals surface area contributed by atoms with E-state index >= 15 is 0 Å². The highest BCUT2D eigenvalue weighted by Gasteiger charge is 2.16. The molecule has 0 unspecified atom stereocenters. The number of nitrogens with one attached hydrogen (secondary N) is 2. The monoisotopic (exact) mass is 282 g/mol. The van der Waals surface area contributed by atoms with E-state index in [0.29, 0.717) is 12.4 Å². The molecule has 9 nitrogen and oxygen atoms in total. The van der Waals surface area contributed by atoms with E-state index in [-0.39, 0.29) is 11.5 Å². The number of pyridine rings is 1. The number of nitrogens with zero attached hydrogens (tertiary/aromatic N) is 3. The maximum atomic E-state index is 10.9. The summed E-state index contributed by atoms with van der Waals surface area (Å²) in [6, 6.07) is 2.84. The van der Waals surface area contributed by atoms with E-state index in [0.717, 1.165) is 32.8 Å². The predicted molar refractivity (Wildman–Crippen MR) is 74.5 cm³/mol. The number of morpholine rings is 1. The van der Waals surface area contributed by atoms with Gasteiger partial charge in [0.15, 0.2) is 0 Å². The summed E-state index contributed by atoms with van der Waals surface area (Å²) in [6.45, 7) is 4.56. The zero-order chi connectivity index (χ0) is 14.4. The van der Waals surface area contributed by atoms with Gasteiger partial charge in [-0.3, -0.25) is 15.0 Å². The minimum absolute atomic E-state index is 0.0639. The summed E-state index contributed by atoms with van der Waals surface area (Å²) in [6.07, 6.45) is 0. The number of hydrazine groups is 1. The molecule has 1 aromatic heterocycles. The average Bonchev–Trinajstić information content (AvgIpc) is 2.48. The third-order valence-corrected chi connectivity index (χ3v) is 3.04. The highest BCUT2D eigenvalue weighted by molar-refractivity contribution is 5.59. The molecule has 2 heterocycles. The number of ether oxygens (including phenoxy) is 1. The van der Waals surface area contributed by atoms with Crippen LogP contribution in [0, 0.1) is 10.1 Å². The molecule has 1 fully saturated rings. The molecule has 0 saturated carbocycles. The van der Waals surface area contributed by atoms with E-state index in [2.05, 4.69) is 20.6 Å². The number of aromatic nitrogens is 1. The van der Waals surface area contributed by atoms with Gasteiger partial charge >= 0.3 is 5.69 Å². The molecule has 1 aliphatic heterocycles. The second-order valence-electron chi connectivity index (χ2n) is 4.35. The second-order valence-corrected chi connectivity index (χ2v) is 4.35. The van der Waals surface area contributed by atoms with E-state index in [1.54, 1.807) is 0 Å². The van der Waals surface area contributed by atoms with Gasteiger partial charge in [-0.2, -0.15) is 0 Å². The topological polar surface area (TPSA) is 119 Å². The van der Waals surface area contributed by atoms with Crippen LogP contribution in [0.4, 0.5) is 17.3 Å². The van der Waals surface area contributed by atoms with Crippen molar-refractivity contribution in [2.75, 3.05) is 50.1 Å². The zero-order valence-electron chi connectivity index (χ0n) is 11.0. The minimum Gasteiger partial charge on any atom is -0.379 e. The molecule has 110 valence electrons. The number of rotatable bonds is 6. The van der Waals surface area contributed by atoms with Crippen molar-refractivity contribution in [1.29, 1.82) is 0 Å². The minimum atomic E-state index is -0.468. The molecular weight excluding hydrogens is 264 g/mol. The van der Waals surface area contributed by atoms with Crippen molar-refractivity contribution in [2.24, 2.45) is 5.84 Å². The average molecular weight is 282 g/mol. The number of nitrogens with two attached hydrogens (primary N) is 1. The van der Waals surface area contributed by atoms with E-state index in [1.165, 1.54) is 12.1 Å². The molecule has 0 bridgehead atoms. The van der Waals surface area contributed by atoms with Crippen LogP contribution in [0.3, 0.4) is 0 Å². The molecule has 0 amide bonds. The van der Waals surface area contributed by atoms with Gasteiger partial charge in [-0.1, -0.05) is 0 Å². The van der Waals surface area contributed by atoms with Crippen LogP contribution in [0.1, 0.15) is 0 Å². The predicted octanol–water partition coefficient (Wildman–Crippen LogP) is 0.0195. The van der Waals surface area contributed by atoms with Crippen LogP contribution in [0.15, 0.2) is 12.1 Å². The smallest absolute Gasteiger partial charge is 0.311 e. The fourth-order valence-corrected chi connectivity index (χ4v) is 1.97. The highest BCUT2D eigenvalue weighted by atomic mass is 16.6. The van der Waals surface area contributed by atoms with Crippen LogP contribution in [0.5, 0.6) is 0 Å². The number of hydrogen-bond acceptors (Lipinski definition) is 8. The molecule has 0 aliphatic carbocycles. The fraction of sp³-hybridized carbons (Fsp3) is 0.545. The van der Waals surface area contributed by atoms with Crippen LogP contribution in [0.2, 0.25) is 0 Å². The molecule has 20 heavy (non-hydrogen) atoms. The number of hydrogen-bond donors (Lipinski definition) is 3. The molecule has 0 radical (unpaired) electrons. The lowest BCUT2D eigenvalue weighted by molar-refractivity contribution is -0.384. The van der Waals surface area contributed by atoms with Crippen molar-refractivity contribution in [3.05, 3.63) is 22.2 Å². The van der Waals surface area contributed by atoms with Crippen molar-refractivity contribution in [2.45, 2.75) is 0 Å². The Hall–Kier alpha value is -1.97. The third kappa shape index (κ3) is 3.76. The van der Waals surface area contributed by atoms with Gasteiger partial charge in [0, 0.05) is 32.2 Å². The van der Waals surface area contributed by atoms with Gasteiger partial charge in [0.05, 0.1) is 18.1 Å². The fourth-order valence-electron chi connectivity index (χ4n) is 1.97. The normalized spacial score (nSPS) is 15.8. The van der Waals surface area contributed by atoms with Gasteiger partial charge in [0.1, 0.15) is 5.82 Å². The van der Waals surface area contributed by atoms with Crippen LogP contribution >= 0.6 is 0 Å². The number of nitro groups is 1. The van der Waals surface area contributed by atoms with Crippen molar-refractivity contribution in [3.63, 3.8) is 0 Å². The number of nitrogen functional groups attached to an aromatic ring is 1. The first kappa shape index (κ1) is 14.4. The van der Waals surface area contributed by atoms with Gasteiger partial charge in [0.25, 0.3) is 0 Å². The van der Waals surface area contributed by atoms with Gasteiger partial charge in [-0.05, 0) is 6.07 Å². The Morgan fingerprint density at radius 1 is 1.45 bits per heavy atom. The lowest BCUT2D eigenvalue weighted by Gasteiger charge is -2.26. The summed E-state index contributed by atoms with van der Waals surface area (Å²) >= 11 is 0. The molecule has 2 rings (SSSR count). The lowest BCUT2D eigenvalue weighted by Crippen LogP contribution is -2.39. The summed E-state index contributed by atoms with van der Waals surface area (Å²) in [4.78, 5) is 16.8. The van der Waals surface area contributed by atoms with Crippen LogP contribution < -0.4 is 16.6 Å². The summed E-state index contributed by atoms with van der Waals surface area (Å²) in [7, 11) is 0. The van der Waals surface area contributed by atoms with Crippen molar-refractivity contribution in [1.82, 2.24) is 9.88 Å².